The Morgan fingerprint density at radius 2 is 2.00 bits per heavy atom. The van der Waals surface area contributed by atoms with Gasteiger partial charge in [-0.2, -0.15) is 0 Å². The molecule has 5 nitrogen and oxygen atoms in total. The Morgan fingerprint density at radius 3 is 2.83 bits per heavy atom. The third kappa shape index (κ3) is 3.85. The average Bonchev–Trinajstić information content (AvgIpc) is 3.02. The second-order valence-electron chi connectivity index (χ2n) is 5.18. The van der Waals surface area contributed by atoms with Gasteiger partial charge in [0.25, 0.3) is 0 Å². The van der Waals surface area contributed by atoms with Crippen molar-refractivity contribution in [2.45, 2.75) is 23.4 Å². The zero-order valence-corrected chi connectivity index (χ0v) is 15.1. The van der Waals surface area contributed by atoms with Gasteiger partial charge in [0.2, 0.25) is 11.0 Å². The summed E-state index contributed by atoms with van der Waals surface area (Å²) in [6.07, 6.45) is 0. The number of nitrogens with one attached hydrogen (secondary N) is 2. The number of rotatable bonds is 6. The van der Waals surface area contributed by atoms with E-state index in [2.05, 4.69) is 20.8 Å². The molecule has 1 heterocycles. The molecule has 0 saturated carbocycles. The Bertz CT molecular complexity index is 844. The van der Waals surface area contributed by atoms with Crippen LogP contribution in [-0.4, -0.2) is 27.9 Å². The maximum Gasteiger partial charge on any atom is 0.237 e. The van der Waals surface area contributed by atoms with Gasteiger partial charge in [-0.15, -0.1) is 10.2 Å². The summed E-state index contributed by atoms with van der Waals surface area (Å²) in [6, 6.07) is 13.9. The molecule has 0 unspecified atom stereocenters. The maximum absolute atomic E-state index is 12.5. The summed E-state index contributed by atoms with van der Waals surface area (Å²) in [5.41, 5.74) is 0.830. The first-order valence-electron chi connectivity index (χ1n) is 7.70. The molecular weight excluding hydrogens is 340 g/mol. The van der Waals surface area contributed by atoms with Gasteiger partial charge in [0.1, 0.15) is 0 Å². The number of aromatic nitrogens is 2. The summed E-state index contributed by atoms with van der Waals surface area (Å²) in [7, 11) is 0. The Balaban J connectivity index is 1.69. The second-order valence-corrected chi connectivity index (χ2v) is 7.74. The molecule has 0 aliphatic heterocycles. The van der Waals surface area contributed by atoms with E-state index in [0.717, 1.165) is 32.5 Å². The highest BCUT2D eigenvalue weighted by molar-refractivity contribution is 8.02. The first kappa shape index (κ1) is 16.7. The van der Waals surface area contributed by atoms with Crippen molar-refractivity contribution in [3.63, 3.8) is 0 Å². The van der Waals surface area contributed by atoms with Gasteiger partial charge in [-0.05, 0) is 25.3 Å². The van der Waals surface area contributed by atoms with Crippen LogP contribution in [0.2, 0.25) is 0 Å². The molecule has 0 radical (unpaired) electrons. The molecule has 1 amide bonds. The van der Waals surface area contributed by atoms with E-state index in [1.165, 1.54) is 23.1 Å². The van der Waals surface area contributed by atoms with E-state index in [1.807, 2.05) is 56.3 Å². The molecule has 24 heavy (non-hydrogen) atoms. The predicted octanol–water partition coefficient (Wildman–Crippen LogP) is 4.24. The van der Waals surface area contributed by atoms with E-state index in [0.29, 0.717) is 0 Å². The van der Waals surface area contributed by atoms with Gasteiger partial charge in [-0.3, -0.25) is 4.79 Å². The lowest BCUT2D eigenvalue weighted by atomic mass is 10.1. The van der Waals surface area contributed by atoms with Gasteiger partial charge in [-0.1, -0.05) is 59.5 Å². The Morgan fingerprint density at radius 1 is 1.21 bits per heavy atom. The fourth-order valence-corrected chi connectivity index (χ4v) is 4.22. The van der Waals surface area contributed by atoms with Crippen molar-refractivity contribution in [1.82, 2.24) is 10.2 Å². The minimum Gasteiger partial charge on any atom is -0.360 e. The van der Waals surface area contributed by atoms with Crippen LogP contribution in [-0.2, 0) is 4.79 Å². The van der Waals surface area contributed by atoms with Crippen LogP contribution in [0.1, 0.15) is 13.8 Å². The normalized spacial score (nSPS) is 12.1. The third-order valence-electron chi connectivity index (χ3n) is 3.43. The van der Waals surface area contributed by atoms with Gasteiger partial charge < -0.3 is 10.6 Å². The minimum atomic E-state index is -0.258. The monoisotopic (exact) mass is 358 g/mol. The Kier molecular flexibility index (Phi) is 5.32. The molecule has 0 aliphatic rings. The number of thioether (sulfide) groups is 1. The highest BCUT2D eigenvalue weighted by atomic mass is 32.2. The van der Waals surface area contributed by atoms with Crippen LogP contribution in [0.3, 0.4) is 0 Å². The molecule has 7 heteroatoms. The lowest BCUT2D eigenvalue weighted by molar-refractivity contribution is -0.115. The SMILES string of the molecule is CCNc1nnc(S[C@@H](C)C(=O)Nc2cccc3ccccc23)s1. The van der Waals surface area contributed by atoms with Crippen molar-refractivity contribution in [2.75, 3.05) is 17.2 Å². The zero-order chi connectivity index (χ0) is 16.9. The van der Waals surface area contributed by atoms with E-state index in [1.54, 1.807) is 0 Å². The maximum atomic E-state index is 12.5. The molecule has 0 spiro atoms. The first-order chi connectivity index (χ1) is 11.7. The number of hydrogen-bond donors (Lipinski definition) is 2. The first-order valence-corrected chi connectivity index (χ1v) is 9.39. The third-order valence-corrected chi connectivity index (χ3v) is 5.49. The number of amides is 1. The van der Waals surface area contributed by atoms with Crippen molar-refractivity contribution in [2.24, 2.45) is 0 Å². The summed E-state index contributed by atoms with van der Waals surface area (Å²) >= 11 is 2.88. The Labute approximate surface area is 148 Å². The molecule has 1 atom stereocenters. The molecular formula is C17H18N4OS2. The van der Waals surface area contributed by atoms with Gasteiger partial charge in [0.05, 0.1) is 5.25 Å². The molecule has 1 aromatic heterocycles. The molecule has 3 rings (SSSR count). The van der Waals surface area contributed by atoms with Crippen molar-refractivity contribution in [1.29, 1.82) is 0 Å². The van der Waals surface area contributed by atoms with E-state index in [9.17, 15) is 4.79 Å². The molecule has 0 saturated heterocycles. The number of benzene rings is 2. The number of fused-ring (bicyclic) bond motifs is 1. The highest BCUT2D eigenvalue weighted by Gasteiger charge is 2.18. The summed E-state index contributed by atoms with van der Waals surface area (Å²) in [5.74, 6) is -0.0449. The quantitative estimate of drug-likeness (QED) is 0.645. The summed E-state index contributed by atoms with van der Waals surface area (Å²) in [4.78, 5) is 12.5. The summed E-state index contributed by atoms with van der Waals surface area (Å²) < 4.78 is 0.784. The topological polar surface area (TPSA) is 66.9 Å². The number of carbonyl (C=O) groups is 1. The molecule has 0 bridgehead atoms. The van der Waals surface area contributed by atoms with Crippen molar-refractivity contribution in [3.05, 3.63) is 42.5 Å². The van der Waals surface area contributed by atoms with Crippen LogP contribution < -0.4 is 10.6 Å². The van der Waals surface area contributed by atoms with Crippen LogP contribution in [0.4, 0.5) is 10.8 Å². The van der Waals surface area contributed by atoms with E-state index in [4.69, 9.17) is 0 Å². The summed E-state index contributed by atoms with van der Waals surface area (Å²) in [5, 5.41) is 17.0. The average molecular weight is 358 g/mol. The van der Waals surface area contributed by atoms with Gasteiger partial charge in [0.15, 0.2) is 4.34 Å². The fraction of sp³-hybridized carbons (Fsp3) is 0.235. The van der Waals surface area contributed by atoms with Crippen molar-refractivity contribution in [3.8, 4) is 0 Å². The lowest BCUT2D eigenvalue weighted by Crippen LogP contribution is -2.22. The predicted molar refractivity (Wildman–Crippen MR) is 102 cm³/mol. The molecule has 124 valence electrons. The fourth-order valence-electron chi connectivity index (χ4n) is 2.25. The smallest absolute Gasteiger partial charge is 0.237 e. The van der Waals surface area contributed by atoms with Crippen LogP contribution in [0.25, 0.3) is 10.8 Å². The van der Waals surface area contributed by atoms with Crippen LogP contribution in [0.15, 0.2) is 46.8 Å². The number of anilines is 2. The van der Waals surface area contributed by atoms with E-state index >= 15 is 0 Å². The zero-order valence-electron chi connectivity index (χ0n) is 13.4. The van der Waals surface area contributed by atoms with E-state index in [-0.39, 0.29) is 11.2 Å². The van der Waals surface area contributed by atoms with Crippen molar-refractivity contribution < 1.29 is 4.79 Å². The molecule has 2 N–H and O–H groups in total. The summed E-state index contributed by atoms with van der Waals surface area (Å²) in [6.45, 7) is 4.68. The number of carbonyl (C=O) groups excluding carboxylic acids is 1. The standard InChI is InChI=1S/C17H18N4OS2/c1-3-18-16-20-21-17(24-16)23-11(2)15(22)19-14-10-6-8-12-7-4-5-9-13(12)14/h4-11H,3H2,1-2H3,(H,18,20)(H,19,22)/t11-/m0/s1. The molecule has 0 fully saturated rings. The second kappa shape index (κ2) is 7.63. The van der Waals surface area contributed by atoms with Crippen LogP contribution >= 0.6 is 23.1 Å². The molecule has 2 aromatic carbocycles. The highest BCUT2D eigenvalue weighted by Crippen LogP contribution is 2.30. The van der Waals surface area contributed by atoms with E-state index < -0.39 is 0 Å². The van der Waals surface area contributed by atoms with Gasteiger partial charge in [-0.25, -0.2) is 0 Å². The number of hydrogen-bond acceptors (Lipinski definition) is 6. The lowest BCUT2D eigenvalue weighted by Gasteiger charge is -2.12. The van der Waals surface area contributed by atoms with Crippen LogP contribution in [0, 0.1) is 0 Å². The molecule has 0 aliphatic carbocycles. The largest absolute Gasteiger partial charge is 0.360 e. The van der Waals surface area contributed by atoms with Gasteiger partial charge in [0, 0.05) is 17.6 Å². The molecule has 3 aromatic rings. The number of nitrogens with zero attached hydrogens (tertiary/aromatic N) is 2. The van der Waals surface area contributed by atoms with Crippen LogP contribution in [0.5, 0.6) is 0 Å². The minimum absolute atomic E-state index is 0.0449. The van der Waals surface area contributed by atoms with Crippen molar-refractivity contribution >= 4 is 50.6 Å². The van der Waals surface area contributed by atoms with Gasteiger partial charge >= 0.3 is 0 Å². The Hall–Kier alpha value is -2.12.